The van der Waals surface area contributed by atoms with E-state index in [1.807, 2.05) is 0 Å². The molecule has 0 aromatic heterocycles. The van der Waals surface area contributed by atoms with Crippen LogP contribution in [0.4, 0.5) is 0 Å². The van der Waals surface area contributed by atoms with E-state index in [0.717, 1.165) is 83.5 Å². The minimum absolute atomic E-state index is 0.0758. The Hall–Kier alpha value is -2.37. The Morgan fingerprint density at radius 2 is 0.607 bits per heavy atom. The van der Waals surface area contributed by atoms with Gasteiger partial charge in [-0.05, 0) is 70.6 Å². The van der Waals surface area contributed by atoms with Crippen molar-refractivity contribution in [3.05, 3.63) is 36.5 Å². The molecule has 0 spiro atoms. The van der Waals surface area contributed by atoms with E-state index in [2.05, 4.69) is 57.2 Å². The maximum atomic E-state index is 12.8. The monoisotopic (exact) mass is 857 g/mol. The summed E-state index contributed by atoms with van der Waals surface area (Å²) in [4.78, 5) is 37.9. The van der Waals surface area contributed by atoms with Crippen LogP contribution in [0.15, 0.2) is 36.5 Å². The molecule has 0 rings (SSSR count). The first-order valence-corrected chi connectivity index (χ1v) is 26.5. The van der Waals surface area contributed by atoms with E-state index >= 15 is 0 Å². The molecule has 356 valence electrons. The van der Waals surface area contributed by atoms with Gasteiger partial charge in [-0.1, -0.05) is 224 Å². The fourth-order valence-corrected chi connectivity index (χ4v) is 7.57. The van der Waals surface area contributed by atoms with Crippen LogP contribution in [-0.2, 0) is 28.6 Å². The van der Waals surface area contributed by atoms with Crippen LogP contribution in [0, 0.1) is 0 Å². The Morgan fingerprint density at radius 1 is 0.328 bits per heavy atom. The quantitative estimate of drug-likeness (QED) is 0.0262. The smallest absolute Gasteiger partial charge is 0.306 e. The fourth-order valence-electron chi connectivity index (χ4n) is 7.57. The molecule has 0 amide bonds. The minimum atomic E-state index is -0.775. The molecule has 0 saturated carbocycles. The molecular weight excluding hydrogens is 757 g/mol. The number of rotatable bonds is 48. The van der Waals surface area contributed by atoms with Crippen molar-refractivity contribution >= 4 is 17.9 Å². The van der Waals surface area contributed by atoms with Crippen molar-refractivity contribution in [3.63, 3.8) is 0 Å². The van der Waals surface area contributed by atoms with Crippen LogP contribution >= 0.6 is 0 Å². The van der Waals surface area contributed by atoms with Gasteiger partial charge in [-0.3, -0.25) is 14.4 Å². The molecule has 1 atom stereocenters. The number of carbonyl (C=O) groups is 3. The number of hydrogen-bond donors (Lipinski definition) is 0. The van der Waals surface area contributed by atoms with Crippen LogP contribution in [0.25, 0.3) is 0 Å². The van der Waals surface area contributed by atoms with Gasteiger partial charge < -0.3 is 14.2 Å². The molecule has 1 unspecified atom stereocenters. The molecule has 0 N–H and O–H groups in total. The standard InChI is InChI=1S/C55H100O6/c1-4-7-10-13-16-19-22-24-26-27-28-29-30-32-33-36-39-42-45-48-54(57)60-51-52(50-59-53(56)47-44-41-38-35-21-18-15-12-9-6-3)61-55(58)49-46-43-40-37-34-31-25-23-20-17-14-11-8-5-2/h14,17,23-26,52H,4-13,15-16,18-22,27-51H2,1-3H3/b17-14-,25-23-,26-24-. The fraction of sp³-hybridized carbons (Fsp3) is 0.836. The van der Waals surface area contributed by atoms with Crippen molar-refractivity contribution in [1.29, 1.82) is 0 Å². The summed E-state index contributed by atoms with van der Waals surface area (Å²) in [6.07, 6.45) is 58.4. The molecule has 6 heteroatoms. The molecule has 0 radical (unpaired) electrons. The Morgan fingerprint density at radius 3 is 0.967 bits per heavy atom. The van der Waals surface area contributed by atoms with E-state index in [1.165, 1.54) is 154 Å². The molecule has 0 aromatic carbocycles. The van der Waals surface area contributed by atoms with E-state index < -0.39 is 6.10 Å². The molecule has 0 fully saturated rings. The summed E-state index contributed by atoms with van der Waals surface area (Å²) in [5.41, 5.74) is 0. The summed E-state index contributed by atoms with van der Waals surface area (Å²) < 4.78 is 16.8. The normalized spacial score (nSPS) is 12.2. The van der Waals surface area contributed by atoms with Crippen molar-refractivity contribution in [1.82, 2.24) is 0 Å². The van der Waals surface area contributed by atoms with Crippen LogP contribution in [0.1, 0.15) is 278 Å². The van der Waals surface area contributed by atoms with Gasteiger partial charge in [-0.15, -0.1) is 0 Å². The lowest BCUT2D eigenvalue weighted by atomic mass is 10.1. The highest BCUT2D eigenvalue weighted by Crippen LogP contribution is 2.15. The molecule has 0 aromatic rings. The number of hydrogen-bond acceptors (Lipinski definition) is 6. The van der Waals surface area contributed by atoms with Gasteiger partial charge in [-0.25, -0.2) is 0 Å². The largest absolute Gasteiger partial charge is 0.462 e. The van der Waals surface area contributed by atoms with Crippen LogP contribution in [0.5, 0.6) is 0 Å². The highest BCUT2D eigenvalue weighted by Gasteiger charge is 2.19. The van der Waals surface area contributed by atoms with Crippen molar-refractivity contribution in [2.45, 2.75) is 284 Å². The molecule has 0 aliphatic heterocycles. The van der Waals surface area contributed by atoms with Crippen molar-refractivity contribution in [3.8, 4) is 0 Å². The molecule has 61 heavy (non-hydrogen) atoms. The molecular formula is C55H100O6. The summed E-state index contributed by atoms with van der Waals surface area (Å²) in [5.74, 6) is -0.883. The van der Waals surface area contributed by atoms with Crippen molar-refractivity contribution in [2.24, 2.45) is 0 Å². The second kappa shape index (κ2) is 50.3. The average molecular weight is 857 g/mol. The molecule has 6 nitrogen and oxygen atoms in total. The van der Waals surface area contributed by atoms with E-state index in [-0.39, 0.29) is 31.1 Å². The second-order valence-electron chi connectivity index (χ2n) is 17.8. The SMILES string of the molecule is CCCC/C=C\C/C=C\CCCCCCCC(=O)OC(COC(=O)CCCCCCCCCCCC)COC(=O)CCCCCCCCCCC/C=C\CCCCCCCC. The van der Waals surface area contributed by atoms with Gasteiger partial charge in [0.05, 0.1) is 0 Å². The van der Waals surface area contributed by atoms with Crippen LogP contribution in [-0.4, -0.2) is 37.2 Å². The summed E-state index contributed by atoms with van der Waals surface area (Å²) >= 11 is 0. The van der Waals surface area contributed by atoms with E-state index in [1.54, 1.807) is 0 Å². The highest BCUT2D eigenvalue weighted by atomic mass is 16.6. The van der Waals surface area contributed by atoms with Gasteiger partial charge in [0.2, 0.25) is 0 Å². The third kappa shape index (κ3) is 48.5. The van der Waals surface area contributed by atoms with Crippen molar-refractivity contribution in [2.75, 3.05) is 13.2 Å². The van der Waals surface area contributed by atoms with Gasteiger partial charge >= 0.3 is 17.9 Å². The zero-order chi connectivity index (χ0) is 44.4. The third-order valence-corrected chi connectivity index (χ3v) is 11.6. The second-order valence-corrected chi connectivity index (χ2v) is 17.8. The van der Waals surface area contributed by atoms with E-state index in [4.69, 9.17) is 14.2 Å². The molecule has 0 heterocycles. The summed E-state index contributed by atoms with van der Waals surface area (Å²) in [5, 5.41) is 0. The molecule has 0 saturated heterocycles. The van der Waals surface area contributed by atoms with E-state index in [0.29, 0.717) is 19.3 Å². The first-order chi connectivity index (χ1) is 30.0. The lowest BCUT2D eigenvalue weighted by Gasteiger charge is -2.18. The first kappa shape index (κ1) is 58.6. The van der Waals surface area contributed by atoms with Gasteiger partial charge in [0.1, 0.15) is 13.2 Å². The summed E-state index contributed by atoms with van der Waals surface area (Å²) in [6.45, 7) is 6.59. The van der Waals surface area contributed by atoms with Crippen LogP contribution in [0.2, 0.25) is 0 Å². The average Bonchev–Trinajstić information content (AvgIpc) is 3.26. The molecule has 0 bridgehead atoms. The minimum Gasteiger partial charge on any atom is -0.462 e. The molecule has 0 aliphatic rings. The van der Waals surface area contributed by atoms with Crippen LogP contribution in [0.3, 0.4) is 0 Å². The Bertz CT molecular complexity index is 1030. The Labute approximate surface area is 378 Å². The van der Waals surface area contributed by atoms with E-state index in [9.17, 15) is 14.4 Å². The Balaban J connectivity index is 4.30. The van der Waals surface area contributed by atoms with Gasteiger partial charge in [0.15, 0.2) is 6.10 Å². The first-order valence-electron chi connectivity index (χ1n) is 26.5. The third-order valence-electron chi connectivity index (χ3n) is 11.6. The number of ether oxygens (including phenoxy) is 3. The maximum Gasteiger partial charge on any atom is 0.306 e. The topological polar surface area (TPSA) is 78.9 Å². The number of unbranched alkanes of at least 4 members (excludes halogenated alkanes) is 31. The summed E-state index contributed by atoms with van der Waals surface area (Å²) in [7, 11) is 0. The molecule has 0 aliphatic carbocycles. The Kier molecular flexibility index (Phi) is 48.3. The maximum absolute atomic E-state index is 12.8. The number of esters is 3. The van der Waals surface area contributed by atoms with Crippen molar-refractivity contribution < 1.29 is 28.6 Å². The zero-order valence-electron chi connectivity index (χ0n) is 40.7. The lowest BCUT2D eigenvalue weighted by molar-refractivity contribution is -0.167. The van der Waals surface area contributed by atoms with Gasteiger partial charge in [0, 0.05) is 19.3 Å². The highest BCUT2D eigenvalue weighted by molar-refractivity contribution is 5.71. The predicted molar refractivity (Wildman–Crippen MR) is 261 cm³/mol. The summed E-state index contributed by atoms with van der Waals surface area (Å²) in [6, 6.07) is 0. The van der Waals surface area contributed by atoms with Gasteiger partial charge in [0.25, 0.3) is 0 Å². The van der Waals surface area contributed by atoms with Crippen LogP contribution < -0.4 is 0 Å². The number of allylic oxidation sites excluding steroid dienone is 6. The predicted octanol–water partition coefficient (Wildman–Crippen LogP) is 17.3. The number of carbonyl (C=O) groups excluding carboxylic acids is 3. The van der Waals surface area contributed by atoms with Gasteiger partial charge in [-0.2, -0.15) is 0 Å². The zero-order valence-corrected chi connectivity index (χ0v) is 40.7. The lowest BCUT2D eigenvalue weighted by Crippen LogP contribution is -2.30.